The third-order valence-electron chi connectivity index (χ3n) is 6.38. The van der Waals surface area contributed by atoms with Gasteiger partial charge in [-0.2, -0.15) is 8.42 Å². The molecule has 41 heavy (non-hydrogen) atoms. The van der Waals surface area contributed by atoms with Crippen molar-refractivity contribution < 1.29 is 27.0 Å². The minimum Gasteiger partial charge on any atom is -0.384 e. The number of amidine groups is 1. The summed E-state index contributed by atoms with van der Waals surface area (Å²) in [5, 5.41) is 13.3. The molecule has 11 heteroatoms. The molecule has 0 aliphatic heterocycles. The average Bonchev–Trinajstić information content (AvgIpc) is 2.90. The van der Waals surface area contributed by atoms with Gasteiger partial charge in [-0.25, -0.2) is 4.79 Å². The molecule has 5 N–H and O–H groups in total. The molecule has 0 saturated heterocycles. The number of anilines is 1. The summed E-state index contributed by atoms with van der Waals surface area (Å²) in [4.78, 5) is 39.5. The standard InChI is InChI=1S/C30H34N4O6S/c1-17(2)26(18(3)4)34-28(35)20-12-15-23(25(16-20)30(37)40-41(5,38)39)22-8-6-7-9-24(22)29(36)33-21-13-10-19(11-14-21)27(31)32/h6-18,26H,1-5H3,(H3,31,32)(H,33,36)(H,34,35). The number of amides is 2. The van der Waals surface area contributed by atoms with Crippen LogP contribution in [-0.2, 0) is 14.3 Å². The quantitative estimate of drug-likeness (QED) is 0.157. The van der Waals surface area contributed by atoms with Crippen molar-refractivity contribution in [3.63, 3.8) is 0 Å². The van der Waals surface area contributed by atoms with Crippen LogP contribution in [0.25, 0.3) is 11.1 Å². The van der Waals surface area contributed by atoms with E-state index >= 15 is 0 Å². The van der Waals surface area contributed by atoms with Gasteiger partial charge in [0.2, 0.25) is 0 Å². The van der Waals surface area contributed by atoms with Gasteiger partial charge in [0.05, 0.1) is 11.8 Å². The molecule has 0 radical (unpaired) electrons. The van der Waals surface area contributed by atoms with Crippen LogP contribution in [-0.4, -0.2) is 44.3 Å². The molecule has 216 valence electrons. The SMILES string of the molecule is CC(C)C(NC(=O)c1ccc(-c2ccccc2C(=O)Nc2ccc(C(=N)N)cc2)c(C(=O)OS(C)(=O)=O)c1)C(C)C. The second-order valence-electron chi connectivity index (χ2n) is 10.3. The normalized spacial score (nSPS) is 11.4. The average molecular weight is 579 g/mol. The highest BCUT2D eigenvalue weighted by Gasteiger charge is 2.25. The van der Waals surface area contributed by atoms with Gasteiger partial charge in [-0.3, -0.25) is 15.0 Å². The van der Waals surface area contributed by atoms with Crippen LogP contribution in [0.1, 0.15) is 64.3 Å². The maximum absolute atomic E-state index is 13.3. The number of nitrogen functional groups attached to an aromatic ring is 1. The largest absolute Gasteiger partial charge is 0.384 e. The van der Waals surface area contributed by atoms with Crippen LogP contribution in [0.15, 0.2) is 66.7 Å². The Morgan fingerprint density at radius 2 is 1.37 bits per heavy atom. The van der Waals surface area contributed by atoms with E-state index in [1.165, 1.54) is 18.2 Å². The van der Waals surface area contributed by atoms with Gasteiger partial charge < -0.3 is 20.6 Å². The van der Waals surface area contributed by atoms with Crippen molar-refractivity contribution in [2.24, 2.45) is 17.6 Å². The minimum absolute atomic E-state index is 0.109. The minimum atomic E-state index is -4.18. The summed E-state index contributed by atoms with van der Waals surface area (Å²) in [6, 6.07) is 17.0. The number of hydrogen-bond acceptors (Lipinski definition) is 7. The van der Waals surface area contributed by atoms with E-state index in [4.69, 9.17) is 11.1 Å². The first-order chi connectivity index (χ1) is 19.2. The fraction of sp³-hybridized carbons (Fsp3) is 0.267. The van der Waals surface area contributed by atoms with Gasteiger partial charge in [0.25, 0.3) is 11.8 Å². The third-order valence-corrected chi connectivity index (χ3v) is 6.83. The lowest BCUT2D eigenvalue weighted by Gasteiger charge is -2.26. The van der Waals surface area contributed by atoms with Crippen LogP contribution in [0.4, 0.5) is 5.69 Å². The topological polar surface area (TPSA) is 169 Å². The number of rotatable bonds is 10. The molecule has 0 aliphatic rings. The molecule has 2 amide bonds. The molecule has 0 heterocycles. The van der Waals surface area contributed by atoms with Gasteiger partial charge in [0, 0.05) is 28.4 Å². The first kappa shape index (κ1) is 31.0. The molecule has 0 aliphatic carbocycles. The van der Waals surface area contributed by atoms with Gasteiger partial charge >= 0.3 is 16.1 Å². The Hall–Kier alpha value is -4.51. The first-order valence-corrected chi connectivity index (χ1v) is 14.7. The van der Waals surface area contributed by atoms with Gasteiger partial charge in [0.1, 0.15) is 5.84 Å². The highest BCUT2D eigenvalue weighted by Crippen LogP contribution is 2.30. The summed E-state index contributed by atoms with van der Waals surface area (Å²) in [6.07, 6.45) is 0.746. The van der Waals surface area contributed by atoms with Crippen LogP contribution in [0.5, 0.6) is 0 Å². The molecule has 0 saturated carbocycles. The van der Waals surface area contributed by atoms with Crippen LogP contribution in [0.3, 0.4) is 0 Å². The summed E-state index contributed by atoms with van der Waals surface area (Å²) in [7, 11) is -4.18. The van der Waals surface area contributed by atoms with E-state index in [9.17, 15) is 22.8 Å². The molecule has 0 spiro atoms. The number of hydrogen-bond donors (Lipinski definition) is 4. The second kappa shape index (κ2) is 12.8. The van der Waals surface area contributed by atoms with E-state index in [1.807, 2.05) is 27.7 Å². The van der Waals surface area contributed by atoms with E-state index in [1.54, 1.807) is 48.5 Å². The van der Waals surface area contributed by atoms with Crippen molar-refractivity contribution in [3.05, 3.63) is 89.0 Å². The number of benzene rings is 3. The lowest BCUT2D eigenvalue weighted by molar-refractivity contribution is 0.0748. The third kappa shape index (κ3) is 8.01. The zero-order valence-corrected chi connectivity index (χ0v) is 24.3. The maximum atomic E-state index is 13.3. The molecule has 3 rings (SSSR count). The monoisotopic (exact) mass is 578 g/mol. The predicted octanol–water partition coefficient (Wildman–Crippen LogP) is 4.42. The molecular formula is C30H34N4O6S. The van der Waals surface area contributed by atoms with Gasteiger partial charge in [-0.1, -0.05) is 52.0 Å². The van der Waals surface area contributed by atoms with Crippen LogP contribution in [0.2, 0.25) is 0 Å². The van der Waals surface area contributed by atoms with Crippen molar-refractivity contribution in [1.29, 1.82) is 5.41 Å². The Labute approximate surface area is 239 Å². The molecule has 0 aromatic heterocycles. The zero-order valence-electron chi connectivity index (χ0n) is 23.5. The highest BCUT2D eigenvalue weighted by molar-refractivity contribution is 7.86. The molecule has 0 fully saturated rings. The Kier molecular flexibility index (Phi) is 9.67. The number of nitrogens with one attached hydrogen (secondary N) is 3. The van der Waals surface area contributed by atoms with E-state index in [0.717, 1.165) is 6.26 Å². The molecule has 3 aromatic carbocycles. The van der Waals surface area contributed by atoms with Gasteiger partial charge in [-0.05, 0) is 65.4 Å². The molecular weight excluding hydrogens is 544 g/mol. The van der Waals surface area contributed by atoms with Crippen molar-refractivity contribution in [1.82, 2.24) is 5.32 Å². The second-order valence-corrected chi connectivity index (χ2v) is 11.9. The van der Waals surface area contributed by atoms with E-state index < -0.39 is 27.9 Å². The Morgan fingerprint density at radius 1 is 0.805 bits per heavy atom. The molecule has 10 nitrogen and oxygen atoms in total. The lowest BCUT2D eigenvalue weighted by Crippen LogP contribution is -2.42. The van der Waals surface area contributed by atoms with Crippen molar-refractivity contribution in [2.75, 3.05) is 11.6 Å². The number of nitrogens with two attached hydrogens (primary N) is 1. The Bertz CT molecular complexity index is 1570. The molecule has 3 aromatic rings. The molecule has 0 atom stereocenters. The first-order valence-electron chi connectivity index (χ1n) is 12.9. The number of carbonyl (C=O) groups is 3. The van der Waals surface area contributed by atoms with Crippen LogP contribution >= 0.6 is 0 Å². The fourth-order valence-electron chi connectivity index (χ4n) is 4.46. The van der Waals surface area contributed by atoms with Crippen molar-refractivity contribution in [2.45, 2.75) is 33.7 Å². The van der Waals surface area contributed by atoms with Crippen LogP contribution < -0.4 is 16.4 Å². The van der Waals surface area contributed by atoms with Gasteiger partial charge in [0.15, 0.2) is 0 Å². The predicted molar refractivity (Wildman–Crippen MR) is 158 cm³/mol. The summed E-state index contributed by atoms with van der Waals surface area (Å²) in [6.45, 7) is 7.95. The summed E-state index contributed by atoms with van der Waals surface area (Å²) in [5.74, 6) is -1.93. The lowest BCUT2D eigenvalue weighted by atomic mass is 9.91. The highest BCUT2D eigenvalue weighted by atomic mass is 32.2. The Balaban J connectivity index is 2.06. The maximum Gasteiger partial charge on any atom is 0.354 e. The molecule has 0 bridgehead atoms. The fourth-order valence-corrected chi connectivity index (χ4v) is 4.82. The zero-order chi connectivity index (χ0) is 30.5. The smallest absolute Gasteiger partial charge is 0.354 e. The summed E-state index contributed by atoms with van der Waals surface area (Å²) >= 11 is 0. The molecule has 0 unspecified atom stereocenters. The summed E-state index contributed by atoms with van der Waals surface area (Å²) < 4.78 is 28.3. The Morgan fingerprint density at radius 3 is 1.93 bits per heavy atom. The van der Waals surface area contributed by atoms with Gasteiger partial charge in [-0.15, -0.1) is 0 Å². The van der Waals surface area contributed by atoms with Crippen LogP contribution in [0, 0.1) is 17.2 Å². The van der Waals surface area contributed by atoms with E-state index in [2.05, 4.69) is 14.8 Å². The summed E-state index contributed by atoms with van der Waals surface area (Å²) in [5.41, 5.74) is 7.09. The number of carbonyl (C=O) groups excluding carboxylic acids is 3. The van der Waals surface area contributed by atoms with Crippen molar-refractivity contribution >= 4 is 39.4 Å². The van der Waals surface area contributed by atoms with Crippen molar-refractivity contribution in [3.8, 4) is 11.1 Å². The van der Waals surface area contributed by atoms with E-state index in [-0.39, 0.29) is 46.0 Å². The van der Waals surface area contributed by atoms with E-state index in [0.29, 0.717) is 16.8 Å².